The Bertz CT molecular complexity index is 263. The van der Waals surface area contributed by atoms with Gasteiger partial charge in [0.25, 0.3) is 0 Å². The second-order valence-electron chi connectivity index (χ2n) is 4.74. The van der Waals surface area contributed by atoms with Crippen molar-refractivity contribution in [3.8, 4) is 0 Å². The third-order valence-electron chi connectivity index (χ3n) is 3.93. The van der Waals surface area contributed by atoms with Gasteiger partial charge in [0.1, 0.15) is 6.10 Å². The molecule has 3 aliphatic rings. The van der Waals surface area contributed by atoms with Crippen LogP contribution in [0.5, 0.6) is 0 Å². The number of hydrogen-bond donors (Lipinski definition) is 0. The third kappa shape index (κ3) is 0.991. The van der Waals surface area contributed by atoms with E-state index in [2.05, 4.69) is 6.92 Å². The maximum Gasteiger partial charge on any atom is 0.309 e. The Kier molecular flexibility index (Phi) is 1.84. The highest BCUT2D eigenvalue weighted by Crippen LogP contribution is 2.55. The second-order valence-corrected chi connectivity index (χ2v) is 4.74. The van der Waals surface area contributed by atoms with Crippen molar-refractivity contribution in [2.75, 3.05) is 6.61 Å². The summed E-state index contributed by atoms with van der Waals surface area (Å²) in [5, 5.41) is 0. The first-order valence-electron chi connectivity index (χ1n) is 5.63. The summed E-state index contributed by atoms with van der Waals surface area (Å²) in [5.41, 5.74) is 0. The molecule has 3 fully saturated rings. The summed E-state index contributed by atoms with van der Waals surface area (Å²) >= 11 is 0. The first-order valence-corrected chi connectivity index (χ1v) is 5.63. The lowest BCUT2D eigenvalue weighted by atomic mass is 9.88. The van der Waals surface area contributed by atoms with Crippen molar-refractivity contribution in [1.82, 2.24) is 0 Å². The predicted molar refractivity (Wildman–Crippen MR) is 49.6 cm³/mol. The fourth-order valence-corrected chi connectivity index (χ4v) is 3.39. The summed E-state index contributed by atoms with van der Waals surface area (Å²) < 4.78 is 11.2. The van der Waals surface area contributed by atoms with Gasteiger partial charge in [0, 0.05) is 12.5 Å². The van der Waals surface area contributed by atoms with Crippen LogP contribution in [0.1, 0.15) is 26.2 Å². The van der Waals surface area contributed by atoms with Gasteiger partial charge >= 0.3 is 5.97 Å². The summed E-state index contributed by atoms with van der Waals surface area (Å²) in [7, 11) is 0. The maximum atomic E-state index is 11.4. The average Bonchev–Trinajstić information content (AvgIpc) is 2.76. The normalized spacial score (nSPS) is 48.6. The van der Waals surface area contributed by atoms with Crippen LogP contribution in [0.2, 0.25) is 0 Å². The first kappa shape index (κ1) is 8.72. The number of carbonyl (C=O) groups is 1. The molecular formula is C11H16O3. The minimum atomic E-state index is 0.0325. The van der Waals surface area contributed by atoms with E-state index in [0.29, 0.717) is 11.8 Å². The lowest BCUT2D eigenvalue weighted by Gasteiger charge is -2.25. The van der Waals surface area contributed by atoms with Crippen molar-refractivity contribution in [2.45, 2.75) is 38.4 Å². The molecule has 5 atom stereocenters. The lowest BCUT2D eigenvalue weighted by molar-refractivity contribution is -0.147. The van der Waals surface area contributed by atoms with Crippen LogP contribution in [0.4, 0.5) is 0 Å². The molecule has 14 heavy (non-hydrogen) atoms. The summed E-state index contributed by atoms with van der Waals surface area (Å²) in [4.78, 5) is 11.4. The van der Waals surface area contributed by atoms with Crippen LogP contribution in [0, 0.1) is 17.8 Å². The molecule has 0 N–H and O–H groups in total. The summed E-state index contributed by atoms with van der Waals surface area (Å²) in [6.45, 7) is 2.91. The number of ether oxygens (including phenoxy) is 2. The molecule has 0 aromatic carbocycles. The van der Waals surface area contributed by atoms with Crippen molar-refractivity contribution in [2.24, 2.45) is 17.8 Å². The molecule has 78 valence electrons. The largest absolute Gasteiger partial charge is 0.459 e. The fourth-order valence-electron chi connectivity index (χ4n) is 3.39. The van der Waals surface area contributed by atoms with Crippen LogP contribution in [0.3, 0.4) is 0 Å². The molecule has 3 rings (SSSR count). The molecule has 0 aromatic heterocycles. The zero-order valence-corrected chi connectivity index (χ0v) is 8.44. The maximum absolute atomic E-state index is 11.4. The van der Waals surface area contributed by atoms with Crippen molar-refractivity contribution in [1.29, 1.82) is 0 Å². The molecule has 3 heteroatoms. The molecule has 2 aliphatic carbocycles. The van der Waals surface area contributed by atoms with Gasteiger partial charge in [-0.25, -0.2) is 0 Å². The van der Waals surface area contributed by atoms with Crippen molar-refractivity contribution < 1.29 is 14.3 Å². The molecule has 1 saturated heterocycles. The predicted octanol–water partition coefficient (Wildman–Crippen LogP) is 1.36. The highest BCUT2D eigenvalue weighted by molar-refractivity contribution is 5.76. The van der Waals surface area contributed by atoms with Gasteiger partial charge in [-0.05, 0) is 25.2 Å². The fraction of sp³-hybridized carbons (Fsp3) is 0.909. The van der Waals surface area contributed by atoms with Crippen molar-refractivity contribution in [3.63, 3.8) is 0 Å². The molecule has 5 unspecified atom stereocenters. The molecule has 1 heterocycles. The van der Waals surface area contributed by atoms with Gasteiger partial charge in [0.2, 0.25) is 0 Å². The van der Waals surface area contributed by atoms with Gasteiger partial charge in [0.05, 0.1) is 12.0 Å². The number of fused-ring (bicyclic) bond motifs is 1. The Balaban J connectivity index is 1.75. The Labute approximate surface area is 83.8 Å². The van der Waals surface area contributed by atoms with E-state index in [1.807, 2.05) is 0 Å². The Morgan fingerprint density at radius 3 is 3.14 bits per heavy atom. The standard InChI is InChI=1S/C11H16O3/c1-2-3-13-9-6-4-7-8(5-6)11(12)14-10(7)9/h6-10H,2-5H2,1H3. The molecular weight excluding hydrogens is 180 g/mol. The Morgan fingerprint density at radius 2 is 2.36 bits per heavy atom. The Morgan fingerprint density at radius 1 is 1.50 bits per heavy atom. The lowest BCUT2D eigenvalue weighted by Crippen LogP contribution is -2.34. The van der Waals surface area contributed by atoms with Gasteiger partial charge in [-0.3, -0.25) is 4.79 Å². The zero-order valence-electron chi connectivity index (χ0n) is 8.44. The van der Waals surface area contributed by atoms with Gasteiger partial charge in [-0.2, -0.15) is 0 Å². The molecule has 2 bridgehead atoms. The molecule has 0 amide bonds. The molecule has 0 spiro atoms. The number of hydrogen-bond acceptors (Lipinski definition) is 3. The van der Waals surface area contributed by atoms with Crippen LogP contribution in [-0.4, -0.2) is 24.8 Å². The van der Waals surface area contributed by atoms with Gasteiger partial charge in [0.15, 0.2) is 0 Å². The average molecular weight is 196 g/mol. The number of rotatable bonds is 3. The van der Waals surface area contributed by atoms with Crippen LogP contribution < -0.4 is 0 Å². The summed E-state index contributed by atoms with van der Waals surface area (Å²) in [6, 6.07) is 0. The first-order chi connectivity index (χ1) is 6.81. The SMILES string of the molecule is CCCOC1C2CC3C(=O)OC1C3C2. The highest BCUT2D eigenvalue weighted by atomic mass is 16.6. The molecule has 0 aromatic rings. The van der Waals surface area contributed by atoms with E-state index in [1.165, 1.54) is 0 Å². The molecule has 3 nitrogen and oxygen atoms in total. The van der Waals surface area contributed by atoms with E-state index in [0.717, 1.165) is 25.9 Å². The number of carbonyl (C=O) groups excluding carboxylic acids is 1. The minimum Gasteiger partial charge on any atom is -0.459 e. The van der Waals surface area contributed by atoms with E-state index in [9.17, 15) is 4.79 Å². The minimum absolute atomic E-state index is 0.0325. The van der Waals surface area contributed by atoms with Gasteiger partial charge in [-0.15, -0.1) is 0 Å². The zero-order chi connectivity index (χ0) is 9.71. The Hall–Kier alpha value is -0.570. The highest BCUT2D eigenvalue weighted by Gasteiger charge is 2.62. The van der Waals surface area contributed by atoms with Gasteiger partial charge < -0.3 is 9.47 Å². The van der Waals surface area contributed by atoms with E-state index < -0.39 is 0 Å². The quantitative estimate of drug-likeness (QED) is 0.639. The monoisotopic (exact) mass is 196 g/mol. The summed E-state index contributed by atoms with van der Waals surface area (Å²) in [6.07, 6.45) is 3.50. The van der Waals surface area contributed by atoms with Crippen LogP contribution in [0.15, 0.2) is 0 Å². The van der Waals surface area contributed by atoms with Gasteiger partial charge in [-0.1, -0.05) is 6.92 Å². The van der Waals surface area contributed by atoms with Crippen LogP contribution >= 0.6 is 0 Å². The van der Waals surface area contributed by atoms with E-state index in [1.54, 1.807) is 0 Å². The van der Waals surface area contributed by atoms with Crippen LogP contribution in [0.25, 0.3) is 0 Å². The second kappa shape index (κ2) is 2.96. The van der Waals surface area contributed by atoms with E-state index in [4.69, 9.17) is 9.47 Å². The molecule has 1 aliphatic heterocycles. The molecule has 0 radical (unpaired) electrons. The summed E-state index contributed by atoms with van der Waals surface area (Å²) in [5.74, 6) is 1.32. The van der Waals surface area contributed by atoms with E-state index in [-0.39, 0.29) is 24.1 Å². The molecule has 2 saturated carbocycles. The van der Waals surface area contributed by atoms with Crippen LogP contribution in [-0.2, 0) is 14.3 Å². The van der Waals surface area contributed by atoms with Crippen molar-refractivity contribution >= 4 is 5.97 Å². The number of esters is 1. The van der Waals surface area contributed by atoms with Crippen molar-refractivity contribution in [3.05, 3.63) is 0 Å². The topological polar surface area (TPSA) is 35.5 Å². The third-order valence-corrected chi connectivity index (χ3v) is 3.93. The smallest absolute Gasteiger partial charge is 0.309 e. The van der Waals surface area contributed by atoms with E-state index >= 15 is 0 Å².